The lowest BCUT2D eigenvalue weighted by Gasteiger charge is -2.08. The van der Waals surface area contributed by atoms with Crippen LogP contribution in [0, 0.1) is 0 Å². The van der Waals surface area contributed by atoms with E-state index in [0.29, 0.717) is 5.25 Å². The van der Waals surface area contributed by atoms with Crippen LogP contribution in [-0.2, 0) is 4.74 Å². The molecular weight excluding hydrogens is 172 g/mol. The van der Waals surface area contributed by atoms with Crippen molar-refractivity contribution in [1.29, 1.82) is 0 Å². The van der Waals surface area contributed by atoms with E-state index >= 15 is 0 Å². The summed E-state index contributed by atoms with van der Waals surface area (Å²) in [4.78, 5) is 0. The third-order valence-electron chi connectivity index (χ3n) is 2.03. The number of thioether (sulfide) groups is 1. The van der Waals surface area contributed by atoms with Gasteiger partial charge in [-0.15, -0.1) is 11.8 Å². The molecular formula is C9H18O2S. The fourth-order valence-electron chi connectivity index (χ4n) is 1.27. The smallest absolute Gasteiger partial charge is 0.0996 e. The number of rotatable bonds is 5. The molecule has 0 spiro atoms. The summed E-state index contributed by atoms with van der Waals surface area (Å²) in [6.45, 7) is 3.86. The highest BCUT2D eigenvalue weighted by atomic mass is 32.2. The zero-order chi connectivity index (χ0) is 8.81. The third kappa shape index (κ3) is 3.78. The van der Waals surface area contributed by atoms with E-state index in [-0.39, 0.29) is 5.44 Å². The highest BCUT2D eigenvalue weighted by molar-refractivity contribution is 8.00. The highest BCUT2D eigenvalue weighted by Gasteiger charge is 2.22. The first kappa shape index (κ1) is 10.4. The maximum atomic E-state index is 9.21. The van der Waals surface area contributed by atoms with Gasteiger partial charge < -0.3 is 9.84 Å². The molecule has 2 nitrogen and oxygen atoms in total. The minimum Gasteiger partial charge on any atom is -0.382 e. The molecule has 1 saturated heterocycles. The Morgan fingerprint density at radius 1 is 1.50 bits per heavy atom. The van der Waals surface area contributed by atoms with Crippen molar-refractivity contribution in [1.82, 2.24) is 0 Å². The van der Waals surface area contributed by atoms with Crippen LogP contribution in [0.5, 0.6) is 0 Å². The summed E-state index contributed by atoms with van der Waals surface area (Å²) in [6.07, 6.45) is 4.39. The van der Waals surface area contributed by atoms with Crippen molar-refractivity contribution in [3.63, 3.8) is 0 Å². The lowest BCUT2D eigenvalue weighted by Crippen LogP contribution is -2.09. The van der Waals surface area contributed by atoms with Crippen LogP contribution in [0.4, 0.5) is 0 Å². The van der Waals surface area contributed by atoms with Crippen molar-refractivity contribution < 1.29 is 9.84 Å². The summed E-state index contributed by atoms with van der Waals surface area (Å²) in [6, 6.07) is 0. The minimum absolute atomic E-state index is 0.134. The molecule has 0 aromatic heterocycles. The lowest BCUT2D eigenvalue weighted by molar-refractivity contribution is 0.131. The van der Waals surface area contributed by atoms with Gasteiger partial charge in [-0.3, -0.25) is 0 Å². The second-order valence-electron chi connectivity index (χ2n) is 3.22. The predicted octanol–water partition coefficient (Wildman–Crippen LogP) is 2.02. The van der Waals surface area contributed by atoms with E-state index in [4.69, 9.17) is 4.74 Å². The van der Waals surface area contributed by atoms with Gasteiger partial charge in [0.05, 0.1) is 12.0 Å². The molecule has 1 rings (SSSR count). The quantitative estimate of drug-likeness (QED) is 0.673. The molecule has 12 heavy (non-hydrogen) atoms. The molecule has 1 aliphatic rings. The van der Waals surface area contributed by atoms with E-state index in [9.17, 15) is 5.11 Å². The summed E-state index contributed by atoms with van der Waals surface area (Å²) < 4.78 is 5.47. The van der Waals surface area contributed by atoms with E-state index in [2.05, 4.69) is 6.92 Å². The molecule has 2 unspecified atom stereocenters. The largest absolute Gasteiger partial charge is 0.382 e. The predicted molar refractivity (Wildman–Crippen MR) is 52.3 cm³/mol. The van der Waals surface area contributed by atoms with Crippen LogP contribution in [0.3, 0.4) is 0 Å². The Kier molecular flexibility index (Phi) is 5.04. The average molecular weight is 190 g/mol. The molecule has 3 heteroatoms. The SMILES string of the molecule is CCCCOCC1CCC(O)S1. The Morgan fingerprint density at radius 2 is 2.33 bits per heavy atom. The molecule has 1 heterocycles. The molecule has 0 aromatic carbocycles. The summed E-state index contributed by atoms with van der Waals surface area (Å²) in [5, 5.41) is 9.75. The highest BCUT2D eigenvalue weighted by Crippen LogP contribution is 2.31. The van der Waals surface area contributed by atoms with Crippen molar-refractivity contribution >= 4 is 11.8 Å². The molecule has 0 aromatic rings. The average Bonchev–Trinajstić information content (AvgIpc) is 2.45. The van der Waals surface area contributed by atoms with Crippen molar-refractivity contribution in [3.05, 3.63) is 0 Å². The number of unbranched alkanes of at least 4 members (excludes halogenated alkanes) is 1. The van der Waals surface area contributed by atoms with Crippen LogP contribution in [-0.4, -0.2) is 29.0 Å². The van der Waals surface area contributed by atoms with Gasteiger partial charge in [0.2, 0.25) is 0 Å². The van der Waals surface area contributed by atoms with Gasteiger partial charge in [-0.25, -0.2) is 0 Å². The number of hydrogen-bond acceptors (Lipinski definition) is 3. The second kappa shape index (κ2) is 5.84. The van der Waals surface area contributed by atoms with Crippen molar-refractivity contribution in [2.75, 3.05) is 13.2 Å². The summed E-state index contributed by atoms with van der Waals surface area (Å²) in [5.41, 5.74) is -0.134. The van der Waals surface area contributed by atoms with Crippen molar-refractivity contribution in [2.45, 2.75) is 43.3 Å². The number of aliphatic hydroxyl groups is 1. The van der Waals surface area contributed by atoms with E-state index < -0.39 is 0 Å². The molecule has 0 radical (unpaired) electrons. The first-order valence-corrected chi connectivity index (χ1v) is 5.68. The Bertz CT molecular complexity index is 119. The number of hydrogen-bond donors (Lipinski definition) is 1. The molecule has 1 fully saturated rings. The maximum absolute atomic E-state index is 9.21. The molecule has 0 amide bonds. The lowest BCUT2D eigenvalue weighted by atomic mass is 10.2. The normalized spacial score (nSPS) is 29.5. The van der Waals surface area contributed by atoms with Crippen molar-refractivity contribution in [2.24, 2.45) is 0 Å². The molecule has 0 saturated carbocycles. The zero-order valence-electron chi connectivity index (χ0n) is 7.66. The third-order valence-corrected chi connectivity index (χ3v) is 3.34. The van der Waals surface area contributed by atoms with Gasteiger partial charge in [0, 0.05) is 11.9 Å². The van der Waals surface area contributed by atoms with Gasteiger partial charge in [-0.2, -0.15) is 0 Å². The van der Waals surface area contributed by atoms with Gasteiger partial charge in [0.1, 0.15) is 0 Å². The standard InChI is InChI=1S/C9H18O2S/c1-2-3-6-11-7-8-4-5-9(10)12-8/h8-10H,2-7H2,1H3. The summed E-state index contributed by atoms with van der Waals surface area (Å²) in [7, 11) is 0. The molecule has 0 aliphatic carbocycles. The molecule has 2 atom stereocenters. The van der Waals surface area contributed by atoms with Crippen LogP contribution in [0.25, 0.3) is 0 Å². The van der Waals surface area contributed by atoms with Gasteiger partial charge in [-0.05, 0) is 19.3 Å². The van der Waals surface area contributed by atoms with Crippen LogP contribution in [0.2, 0.25) is 0 Å². The van der Waals surface area contributed by atoms with Crippen LogP contribution in [0.1, 0.15) is 32.6 Å². The van der Waals surface area contributed by atoms with Crippen LogP contribution >= 0.6 is 11.8 Å². The first-order chi connectivity index (χ1) is 5.83. The van der Waals surface area contributed by atoms with Crippen LogP contribution < -0.4 is 0 Å². The van der Waals surface area contributed by atoms with E-state index in [0.717, 1.165) is 32.5 Å². The minimum atomic E-state index is -0.134. The Hall–Kier alpha value is 0.270. The summed E-state index contributed by atoms with van der Waals surface area (Å²) in [5.74, 6) is 0. The van der Waals surface area contributed by atoms with E-state index in [1.807, 2.05) is 0 Å². The van der Waals surface area contributed by atoms with Gasteiger partial charge in [-0.1, -0.05) is 13.3 Å². The van der Waals surface area contributed by atoms with Gasteiger partial charge >= 0.3 is 0 Å². The Labute approximate surface area is 78.7 Å². The number of ether oxygens (including phenoxy) is 1. The van der Waals surface area contributed by atoms with Crippen LogP contribution in [0.15, 0.2) is 0 Å². The summed E-state index contributed by atoms with van der Waals surface area (Å²) >= 11 is 1.65. The van der Waals surface area contributed by atoms with E-state index in [1.165, 1.54) is 6.42 Å². The van der Waals surface area contributed by atoms with Crippen molar-refractivity contribution in [3.8, 4) is 0 Å². The fourth-order valence-corrected chi connectivity index (χ4v) is 2.43. The first-order valence-electron chi connectivity index (χ1n) is 4.74. The molecule has 72 valence electrons. The second-order valence-corrected chi connectivity index (χ2v) is 4.70. The molecule has 1 N–H and O–H groups in total. The van der Waals surface area contributed by atoms with E-state index in [1.54, 1.807) is 11.8 Å². The molecule has 1 aliphatic heterocycles. The zero-order valence-corrected chi connectivity index (χ0v) is 8.48. The van der Waals surface area contributed by atoms with Gasteiger partial charge in [0.25, 0.3) is 0 Å². The topological polar surface area (TPSA) is 29.5 Å². The monoisotopic (exact) mass is 190 g/mol. The Balaban J connectivity index is 1.93. The van der Waals surface area contributed by atoms with Gasteiger partial charge in [0.15, 0.2) is 0 Å². The fraction of sp³-hybridized carbons (Fsp3) is 1.00. The Morgan fingerprint density at radius 3 is 2.92 bits per heavy atom. The molecule has 0 bridgehead atoms. The maximum Gasteiger partial charge on any atom is 0.0996 e. The number of aliphatic hydroxyl groups excluding tert-OH is 1.